The molecule has 3 aromatic rings. The number of hydrogen-bond donors (Lipinski definition) is 2. The van der Waals surface area contributed by atoms with Crippen LogP contribution in [0.25, 0.3) is 0 Å². The van der Waals surface area contributed by atoms with Crippen LogP contribution < -0.4 is 20.1 Å². The Hall–Kier alpha value is -3.61. The summed E-state index contributed by atoms with van der Waals surface area (Å²) >= 11 is 0. The molecule has 0 aliphatic carbocycles. The van der Waals surface area contributed by atoms with Crippen molar-refractivity contribution in [2.75, 3.05) is 24.4 Å². The van der Waals surface area contributed by atoms with E-state index in [1.807, 2.05) is 43.3 Å². The van der Waals surface area contributed by atoms with Gasteiger partial charge in [0.15, 0.2) is 0 Å². The minimum Gasteiger partial charge on any atom is -0.495 e. The van der Waals surface area contributed by atoms with Gasteiger partial charge in [-0.15, -0.1) is 0 Å². The molecule has 1 amide bonds. The quantitative estimate of drug-likeness (QED) is 0.662. The third-order valence-corrected chi connectivity index (χ3v) is 3.68. The normalized spacial score (nSPS) is 10.1. The molecule has 0 aliphatic heterocycles. The molecule has 1 heterocycles. The zero-order valence-corrected chi connectivity index (χ0v) is 15.1. The second-order valence-corrected chi connectivity index (χ2v) is 5.47. The topological polar surface area (TPSA) is 85.4 Å². The molecule has 7 nitrogen and oxygen atoms in total. The summed E-state index contributed by atoms with van der Waals surface area (Å²) in [5.74, 6) is 1.20. The minimum absolute atomic E-state index is 0.229. The number of nitrogens with one attached hydrogen (secondary N) is 2. The third-order valence-electron chi connectivity index (χ3n) is 3.68. The van der Waals surface area contributed by atoms with Crippen molar-refractivity contribution in [3.05, 3.63) is 66.5 Å². The average molecular weight is 364 g/mol. The van der Waals surface area contributed by atoms with Crippen molar-refractivity contribution in [2.24, 2.45) is 0 Å². The van der Waals surface area contributed by atoms with Gasteiger partial charge >= 0.3 is 0 Å². The highest BCUT2D eigenvalue weighted by Crippen LogP contribution is 2.26. The monoisotopic (exact) mass is 364 g/mol. The smallest absolute Gasteiger partial charge is 0.274 e. The highest BCUT2D eigenvalue weighted by molar-refractivity contribution is 6.03. The maximum absolute atomic E-state index is 12.5. The number of nitrogens with zero attached hydrogens (tertiary/aromatic N) is 2. The molecular weight excluding hydrogens is 344 g/mol. The van der Waals surface area contributed by atoms with Crippen LogP contribution in [0.15, 0.2) is 60.8 Å². The highest BCUT2D eigenvalue weighted by Gasteiger charge is 2.12. The summed E-state index contributed by atoms with van der Waals surface area (Å²) in [6.45, 7) is 2.46. The van der Waals surface area contributed by atoms with Crippen LogP contribution >= 0.6 is 0 Å². The molecule has 0 saturated heterocycles. The molecule has 1 aromatic heterocycles. The number of hydrogen-bond acceptors (Lipinski definition) is 6. The molecule has 2 N–H and O–H groups in total. The number of anilines is 3. The first-order valence-electron chi connectivity index (χ1n) is 8.47. The van der Waals surface area contributed by atoms with Crippen molar-refractivity contribution in [2.45, 2.75) is 6.92 Å². The number of aromatic nitrogens is 2. The zero-order chi connectivity index (χ0) is 19.1. The van der Waals surface area contributed by atoms with Gasteiger partial charge in [-0.3, -0.25) is 4.79 Å². The fourth-order valence-electron chi connectivity index (χ4n) is 2.45. The molecule has 0 atom stereocenters. The van der Waals surface area contributed by atoms with E-state index in [0.29, 0.717) is 29.7 Å². The first-order valence-corrected chi connectivity index (χ1v) is 8.47. The van der Waals surface area contributed by atoms with E-state index in [1.54, 1.807) is 25.3 Å². The van der Waals surface area contributed by atoms with E-state index in [2.05, 4.69) is 20.6 Å². The predicted molar refractivity (Wildman–Crippen MR) is 104 cm³/mol. The summed E-state index contributed by atoms with van der Waals surface area (Å²) in [7, 11) is 1.55. The minimum atomic E-state index is -0.358. The lowest BCUT2D eigenvalue weighted by molar-refractivity contribution is 0.102. The number of para-hydroxylation sites is 4. The third kappa shape index (κ3) is 4.52. The Bertz CT molecular complexity index is 930. The van der Waals surface area contributed by atoms with Crippen LogP contribution in [0.1, 0.15) is 17.4 Å². The van der Waals surface area contributed by atoms with Gasteiger partial charge in [0.1, 0.15) is 17.2 Å². The van der Waals surface area contributed by atoms with E-state index >= 15 is 0 Å². The van der Waals surface area contributed by atoms with Crippen molar-refractivity contribution in [1.82, 2.24) is 9.97 Å². The summed E-state index contributed by atoms with van der Waals surface area (Å²) in [5.41, 5.74) is 1.52. The standard InChI is InChI=1S/C20H20N4O3/c1-3-27-18-11-7-5-9-15(18)23-20-21-13-12-16(24-20)19(25)22-14-8-4-6-10-17(14)26-2/h4-13H,3H2,1-2H3,(H,22,25)(H,21,23,24). The highest BCUT2D eigenvalue weighted by atomic mass is 16.5. The Balaban J connectivity index is 1.78. The van der Waals surface area contributed by atoms with Gasteiger partial charge in [-0.05, 0) is 37.3 Å². The maximum Gasteiger partial charge on any atom is 0.274 e. The molecule has 7 heteroatoms. The molecule has 0 spiro atoms. The van der Waals surface area contributed by atoms with Gasteiger partial charge in [0.25, 0.3) is 5.91 Å². The van der Waals surface area contributed by atoms with Crippen LogP contribution in [-0.4, -0.2) is 29.6 Å². The van der Waals surface area contributed by atoms with Gasteiger partial charge in [0, 0.05) is 6.20 Å². The van der Waals surface area contributed by atoms with Gasteiger partial charge in [-0.25, -0.2) is 9.97 Å². The number of ether oxygens (including phenoxy) is 2. The van der Waals surface area contributed by atoms with Crippen molar-refractivity contribution < 1.29 is 14.3 Å². The van der Waals surface area contributed by atoms with Crippen LogP contribution in [0, 0.1) is 0 Å². The Kier molecular flexibility index (Phi) is 5.84. The summed E-state index contributed by atoms with van der Waals surface area (Å²) in [6.07, 6.45) is 1.52. The Morgan fingerprint density at radius 1 is 1.00 bits per heavy atom. The van der Waals surface area contributed by atoms with Crippen molar-refractivity contribution in [3.63, 3.8) is 0 Å². The van der Waals surface area contributed by atoms with Crippen molar-refractivity contribution >= 4 is 23.2 Å². The molecule has 0 aliphatic rings. The van der Waals surface area contributed by atoms with Gasteiger partial charge < -0.3 is 20.1 Å². The SMILES string of the molecule is CCOc1ccccc1Nc1nccc(C(=O)Nc2ccccc2OC)n1. The molecule has 2 aromatic carbocycles. The van der Waals surface area contributed by atoms with Crippen LogP contribution in [0.4, 0.5) is 17.3 Å². The number of methoxy groups -OCH3 is 1. The second-order valence-electron chi connectivity index (χ2n) is 5.47. The summed E-state index contributed by atoms with van der Waals surface area (Å²) in [5, 5.41) is 5.88. The molecule has 27 heavy (non-hydrogen) atoms. The van der Waals surface area contributed by atoms with Crippen molar-refractivity contribution in [3.8, 4) is 11.5 Å². The zero-order valence-electron chi connectivity index (χ0n) is 15.1. The van der Waals surface area contributed by atoms with E-state index in [9.17, 15) is 4.79 Å². The number of carbonyl (C=O) groups is 1. The molecule has 0 saturated carbocycles. The van der Waals surface area contributed by atoms with Crippen LogP contribution in [0.2, 0.25) is 0 Å². The van der Waals surface area contributed by atoms with Crippen molar-refractivity contribution in [1.29, 1.82) is 0 Å². The second kappa shape index (κ2) is 8.66. The van der Waals surface area contributed by atoms with E-state index in [0.717, 1.165) is 5.69 Å². The number of carbonyl (C=O) groups excluding carboxylic acids is 1. The molecule has 0 radical (unpaired) electrons. The predicted octanol–water partition coefficient (Wildman–Crippen LogP) is 3.88. The molecule has 0 fully saturated rings. The molecule has 0 unspecified atom stereocenters. The lowest BCUT2D eigenvalue weighted by Gasteiger charge is -2.12. The maximum atomic E-state index is 12.5. The molecule has 3 rings (SSSR count). The fraction of sp³-hybridized carbons (Fsp3) is 0.150. The fourth-order valence-corrected chi connectivity index (χ4v) is 2.45. The van der Waals surface area contributed by atoms with E-state index in [1.165, 1.54) is 6.20 Å². The number of benzene rings is 2. The summed E-state index contributed by atoms with van der Waals surface area (Å²) in [6, 6.07) is 16.2. The lowest BCUT2D eigenvalue weighted by Crippen LogP contribution is -2.15. The average Bonchev–Trinajstić information content (AvgIpc) is 2.70. The van der Waals surface area contributed by atoms with E-state index < -0.39 is 0 Å². The Morgan fingerprint density at radius 2 is 1.70 bits per heavy atom. The summed E-state index contributed by atoms with van der Waals surface area (Å²) < 4.78 is 10.8. The van der Waals surface area contributed by atoms with Gasteiger partial charge in [0.2, 0.25) is 5.95 Å². The van der Waals surface area contributed by atoms with E-state index in [-0.39, 0.29) is 11.6 Å². The Morgan fingerprint density at radius 3 is 2.44 bits per heavy atom. The van der Waals surface area contributed by atoms with Crippen LogP contribution in [0.5, 0.6) is 11.5 Å². The van der Waals surface area contributed by atoms with E-state index in [4.69, 9.17) is 9.47 Å². The first kappa shape index (κ1) is 18.2. The lowest BCUT2D eigenvalue weighted by atomic mass is 10.2. The van der Waals surface area contributed by atoms with Crippen LogP contribution in [0.3, 0.4) is 0 Å². The number of amides is 1. The number of rotatable bonds is 7. The molecular formula is C20H20N4O3. The molecule has 0 bridgehead atoms. The first-order chi connectivity index (χ1) is 13.2. The van der Waals surface area contributed by atoms with Gasteiger partial charge in [-0.2, -0.15) is 0 Å². The largest absolute Gasteiger partial charge is 0.495 e. The van der Waals surface area contributed by atoms with Gasteiger partial charge in [0.05, 0.1) is 25.1 Å². The Labute approximate surface area is 157 Å². The van der Waals surface area contributed by atoms with Gasteiger partial charge in [-0.1, -0.05) is 24.3 Å². The molecule has 138 valence electrons. The van der Waals surface area contributed by atoms with Crippen LogP contribution in [-0.2, 0) is 0 Å². The summed E-state index contributed by atoms with van der Waals surface area (Å²) in [4.78, 5) is 21.0.